The number of hydrogen-bond donors (Lipinski definition) is 0. The Morgan fingerprint density at radius 2 is 0.320 bits per heavy atom. The van der Waals surface area contributed by atoms with Crippen LogP contribution < -0.4 is 28.7 Å². The van der Waals surface area contributed by atoms with E-state index in [4.69, 9.17) is 0 Å². The fourth-order valence-electron chi connectivity index (χ4n) is 9.45. The molecule has 5 rings (SSSR count). The lowest BCUT2D eigenvalue weighted by Crippen LogP contribution is -2.74. The molecule has 3 aromatic rings. The van der Waals surface area contributed by atoms with Gasteiger partial charge in [-0.05, 0) is 22.3 Å². The molecule has 0 aliphatic carbocycles. The third-order valence-corrected chi connectivity index (χ3v) is 17.1. The van der Waals surface area contributed by atoms with Gasteiger partial charge in [-0.1, -0.05) is 12.1 Å². The van der Waals surface area contributed by atoms with Gasteiger partial charge in [0.05, 0.1) is 0 Å². The van der Waals surface area contributed by atoms with Crippen molar-refractivity contribution >= 4 is 11.9 Å². The highest BCUT2D eigenvalue weighted by molar-refractivity contribution is 5.53. The second-order valence-electron chi connectivity index (χ2n) is 25.7. The first-order chi connectivity index (χ1) is 56.0. The van der Waals surface area contributed by atoms with Crippen molar-refractivity contribution in [1.82, 2.24) is 29.9 Å². The maximum atomic E-state index is 15.1. The fraction of sp³-hybridized carbons (Fsp3) is 0.769. The zero-order chi connectivity index (χ0) is 101. The monoisotopic (exact) mass is 2040 g/mol. The van der Waals surface area contributed by atoms with Crippen LogP contribution in [-0.2, 0) is 26.2 Å². The van der Waals surface area contributed by atoms with Gasteiger partial charge in [0.15, 0.2) is 26.4 Å². The molecule has 0 saturated carbocycles. The number of halogens is 64. The number of rotatable bonds is 42. The second kappa shape index (κ2) is 31.6. The average molecular weight is 2040 g/mol. The van der Waals surface area contributed by atoms with Gasteiger partial charge in [0.2, 0.25) is 11.9 Å². The van der Waals surface area contributed by atoms with E-state index in [1.54, 1.807) is 0 Å². The normalized spacial score (nSPS) is 16.7. The first kappa shape index (κ1) is 110. The number of aromatic nitrogens is 6. The van der Waals surface area contributed by atoms with E-state index in [9.17, 15) is 246 Å². The van der Waals surface area contributed by atoms with Crippen molar-refractivity contribution in [2.45, 2.75) is 218 Å². The maximum Gasteiger partial charge on any atom is 0.385 e. The Hall–Kier alpha value is -8.44. The molecule has 0 N–H and O–H groups in total. The third-order valence-electron chi connectivity index (χ3n) is 17.1. The average Bonchev–Trinajstić information content (AvgIpc) is 0.792. The third kappa shape index (κ3) is 15.6. The van der Waals surface area contributed by atoms with Gasteiger partial charge in [-0.2, -0.15) is 266 Å². The van der Waals surface area contributed by atoms with Gasteiger partial charge in [0.25, 0.3) is 0 Å². The number of anilines is 2. The van der Waals surface area contributed by atoms with E-state index in [1.807, 2.05) is 0 Å². The van der Waals surface area contributed by atoms with Crippen LogP contribution in [0.4, 0.5) is 293 Å². The SMILES string of the molecule is FC(F)C(F)(F)C(F)(F)C(F)(F)C(F)(F)C(F)(F)C(F)(F)C(F)(F)COc1nc(OCC(F)(F)C(F)(F)C(F)(F)C(F)(F)C(F)(F)C(F)(F)C(F)(F)C(F)F)nc(N2Cc3cc4c(cc3C2)CN(c2nc(OCC(F)(F)C(F)(F)C(F)(F)C(F)(F)C(F)(F)C(F)(F)C(F)(F)C(F)F)nc(OCC(F)(F)C(F)(F)C(F)(F)C(F)(F)C(F)(F)C(F)(F)C(F)(F)C(F)F)n2)C4)n1. The number of fused-ring (bicyclic) bond motifs is 2. The van der Waals surface area contributed by atoms with Crippen molar-refractivity contribution in [2.24, 2.45) is 0 Å². The first-order valence-corrected chi connectivity index (χ1v) is 30.3. The smallest absolute Gasteiger partial charge is 0.385 e. The van der Waals surface area contributed by atoms with Crippen molar-refractivity contribution in [3.8, 4) is 24.0 Å². The molecule has 0 radical (unpaired) electrons. The molecule has 2 aromatic heterocycles. The van der Waals surface area contributed by atoms with Gasteiger partial charge in [-0.25, -0.2) is 35.1 Å². The molecule has 2 aliphatic heterocycles. The van der Waals surface area contributed by atoms with E-state index < -0.39 is 302 Å². The van der Waals surface area contributed by atoms with Gasteiger partial charge < -0.3 is 28.7 Å². The van der Waals surface area contributed by atoms with Crippen LogP contribution in [0, 0.1) is 0 Å². The Morgan fingerprint density at radius 1 is 0.195 bits per heavy atom. The van der Waals surface area contributed by atoms with Crippen LogP contribution in [0.15, 0.2) is 12.1 Å². The highest BCUT2D eigenvalue weighted by Gasteiger charge is 2.99. The summed E-state index contributed by atoms with van der Waals surface area (Å²) in [5.74, 6) is -248. The minimum atomic E-state index is -9.26. The zero-order valence-corrected chi connectivity index (χ0v) is 57.5. The summed E-state index contributed by atoms with van der Waals surface area (Å²) in [5, 5.41) is 0. The summed E-state index contributed by atoms with van der Waals surface area (Å²) in [6, 6.07) is -10.8. The van der Waals surface area contributed by atoms with E-state index >= 15 is 35.1 Å². The molecule has 4 heterocycles. The molecule has 0 unspecified atom stereocenters. The predicted octanol–water partition coefficient (Wildman–Crippen LogP) is 21.5. The van der Waals surface area contributed by atoms with Crippen LogP contribution in [0.1, 0.15) is 22.3 Å². The Bertz CT molecular complexity index is 3940. The summed E-state index contributed by atoms with van der Waals surface area (Å²) in [6.45, 7) is -23.3. The molecule has 742 valence electrons. The lowest BCUT2D eigenvalue weighted by Gasteiger charge is -2.42. The maximum absolute atomic E-state index is 15.1. The fourth-order valence-corrected chi connectivity index (χ4v) is 9.45. The van der Waals surface area contributed by atoms with Crippen LogP contribution >= 0.6 is 0 Å². The highest BCUT2D eigenvalue weighted by Crippen LogP contribution is 2.69. The summed E-state index contributed by atoms with van der Waals surface area (Å²) >= 11 is 0. The van der Waals surface area contributed by atoms with Crippen LogP contribution in [0.5, 0.6) is 24.0 Å². The first-order valence-electron chi connectivity index (χ1n) is 30.3. The topological polar surface area (TPSA) is 121 Å². The summed E-state index contributed by atoms with van der Waals surface area (Å²) in [7, 11) is 0. The summed E-state index contributed by atoms with van der Waals surface area (Å²) in [6.07, 6.45) is -25.7. The molecule has 0 atom stereocenters. The van der Waals surface area contributed by atoms with Crippen molar-refractivity contribution in [2.75, 3.05) is 36.2 Å². The van der Waals surface area contributed by atoms with Gasteiger partial charge in [-0.15, -0.1) is 9.97 Å². The Morgan fingerprint density at radius 3 is 0.453 bits per heavy atom. The number of hydrogen-bond acceptors (Lipinski definition) is 12. The molecular weight excluding hydrogens is 2020 g/mol. The second-order valence-corrected chi connectivity index (χ2v) is 25.7. The zero-order valence-electron chi connectivity index (χ0n) is 57.5. The van der Waals surface area contributed by atoms with Crippen LogP contribution in [0.25, 0.3) is 0 Å². The van der Waals surface area contributed by atoms with E-state index in [2.05, 4.69) is 48.9 Å². The Kier molecular flexibility index (Phi) is 27.2. The number of alkyl halides is 64. The molecule has 76 heteroatoms. The lowest BCUT2D eigenvalue weighted by atomic mass is 9.89. The Labute approximate surface area is 654 Å². The molecule has 12 nitrogen and oxygen atoms in total. The van der Waals surface area contributed by atoms with Gasteiger partial charge in [-0.3, -0.25) is 0 Å². The minimum Gasteiger partial charge on any atom is -0.457 e. The highest BCUT2D eigenvalue weighted by atomic mass is 19.4. The molecule has 0 spiro atoms. The van der Waals surface area contributed by atoms with Crippen molar-refractivity contribution in [3.05, 3.63) is 34.4 Å². The van der Waals surface area contributed by atoms with E-state index in [0.29, 0.717) is 12.1 Å². The Balaban J connectivity index is 1.67. The predicted molar refractivity (Wildman–Crippen MR) is 270 cm³/mol. The lowest BCUT2D eigenvalue weighted by molar-refractivity contribution is -0.447. The molecule has 128 heavy (non-hydrogen) atoms. The standard InChI is InChI=1S/C52H22F64N8O4/c53-15(54)29(69,70)37(85,86)45(101,102)49(109,110)41(93,94)33(77,78)25(61,62)7-125-21-117-19(118-22(121-21)126-8-26(63,64)34(79,80)42(95,96)50(111,112)46(103,104)38(87,88)30(71,72)16(55)56)123-3-11-1-12-4-124(6-14(12)2-13(11)5-123)20-119-23(127-9-27(65,66)35(81,82)43(97,98)51(113,114)47(105,106)39(89,90)31(73,74)17(57)58)122-24(120-20)128-10-28(67,68)36(83,84)44(99,100)52(115,116)48(107,108)40(91,92)32(75,76)18(59)60/h1-2,15-18H,3-10H2. The molecule has 0 fully saturated rings. The van der Waals surface area contributed by atoms with Crippen LogP contribution in [0.2, 0.25) is 0 Å². The molecule has 1 aromatic carbocycles. The van der Waals surface area contributed by atoms with Gasteiger partial charge in [0.1, 0.15) is 0 Å². The van der Waals surface area contributed by atoms with Crippen molar-refractivity contribution < 1.29 is 300 Å². The number of ether oxygens (including phenoxy) is 4. The summed E-state index contributed by atoms with van der Waals surface area (Å²) in [5.41, 5.74) is -3.13. The van der Waals surface area contributed by atoms with Crippen LogP contribution in [0.3, 0.4) is 0 Å². The molecule has 2 aliphatic rings. The largest absolute Gasteiger partial charge is 0.457 e. The molecule has 0 saturated heterocycles. The number of benzene rings is 1. The van der Waals surface area contributed by atoms with E-state index in [1.165, 1.54) is 0 Å². The minimum absolute atomic E-state index is 0.0258. The molecular formula is C52H22F64N8O4. The summed E-state index contributed by atoms with van der Waals surface area (Å²) in [4.78, 5) is 15.2. The van der Waals surface area contributed by atoms with E-state index in [-0.39, 0.29) is 9.80 Å². The van der Waals surface area contributed by atoms with E-state index in [0.717, 1.165) is 0 Å². The van der Waals surface area contributed by atoms with Gasteiger partial charge in [0, 0.05) is 26.2 Å². The molecule has 0 bridgehead atoms. The van der Waals surface area contributed by atoms with Gasteiger partial charge >= 0.3 is 216 Å². The molecule has 0 amide bonds. The number of nitrogens with zero attached hydrogens (tertiary/aromatic N) is 8. The quantitative estimate of drug-likeness (QED) is 0.0502. The summed E-state index contributed by atoms with van der Waals surface area (Å²) < 4.78 is 917. The van der Waals surface area contributed by atoms with Crippen molar-refractivity contribution in [3.63, 3.8) is 0 Å². The van der Waals surface area contributed by atoms with Crippen molar-refractivity contribution in [1.29, 1.82) is 0 Å². The van der Waals surface area contributed by atoms with Crippen LogP contribution in [-0.4, -0.2) is 248 Å².